The first kappa shape index (κ1) is 10.5. The number of nitrogens with zero attached hydrogens (tertiary/aromatic N) is 1. The molecule has 1 rings (SSSR count). The van der Waals surface area contributed by atoms with Crippen LogP contribution in [0, 0.1) is 0 Å². The van der Waals surface area contributed by atoms with E-state index in [2.05, 4.69) is 18.8 Å². The third kappa shape index (κ3) is 2.99. The lowest BCUT2D eigenvalue weighted by Crippen LogP contribution is -1.91. The number of aryl methyl sites for hydroxylation is 2. The second-order valence-electron chi connectivity index (χ2n) is 3.23. The Kier molecular flexibility index (Phi) is 4.22. The van der Waals surface area contributed by atoms with Crippen molar-refractivity contribution in [1.82, 2.24) is 4.98 Å². The molecule has 13 heavy (non-hydrogen) atoms. The first-order valence-electron chi connectivity index (χ1n) is 5.02. The van der Waals surface area contributed by atoms with Crippen molar-refractivity contribution in [3.8, 4) is 0 Å². The molecule has 0 radical (unpaired) electrons. The predicted octanol–water partition coefficient (Wildman–Crippen LogP) is 3.02. The summed E-state index contributed by atoms with van der Waals surface area (Å²) in [6.45, 7) is 4.33. The van der Waals surface area contributed by atoms with Gasteiger partial charge in [-0.15, -0.1) is 11.3 Å². The van der Waals surface area contributed by atoms with Gasteiger partial charge in [0.15, 0.2) is 0 Å². The van der Waals surface area contributed by atoms with Crippen LogP contribution in [0.1, 0.15) is 43.8 Å². The van der Waals surface area contributed by atoms with Crippen molar-refractivity contribution < 1.29 is 0 Å². The Hall–Kier alpha value is -0.570. The molecule has 2 N–H and O–H groups in total. The van der Waals surface area contributed by atoms with E-state index in [0.717, 1.165) is 23.5 Å². The Morgan fingerprint density at radius 1 is 1.31 bits per heavy atom. The van der Waals surface area contributed by atoms with Gasteiger partial charge in [0.2, 0.25) is 0 Å². The Balaban J connectivity index is 2.50. The van der Waals surface area contributed by atoms with E-state index in [1.807, 2.05) is 0 Å². The van der Waals surface area contributed by atoms with Gasteiger partial charge in [-0.3, -0.25) is 0 Å². The molecule has 0 aromatic carbocycles. The van der Waals surface area contributed by atoms with Gasteiger partial charge in [-0.1, -0.05) is 26.7 Å². The highest BCUT2D eigenvalue weighted by Crippen LogP contribution is 2.22. The van der Waals surface area contributed by atoms with E-state index in [9.17, 15) is 0 Å². The lowest BCUT2D eigenvalue weighted by molar-refractivity contribution is 0.709. The van der Waals surface area contributed by atoms with E-state index in [0.29, 0.717) is 0 Å². The van der Waals surface area contributed by atoms with Crippen molar-refractivity contribution in [1.29, 1.82) is 0 Å². The van der Waals surface area contributed by atoms with E-state index in [1.165, 1.54) is 24.3 Å². The molecule has 0 bridgehead atoms. The smallest absolute Gasteiger partial charge is 0.109 e. The number of nitrogens with two attached hydrogens (primary N) is 1. The molecule has 2 nitrogen and oxygen atoms in total. The number of nitrogen functional groups attached to an aromatic ring is 1. The van der Waals surface area contributed by atoms with Crippen molar-refractivity contribution in [2.75, 3.05) is 5.73 Å². The number of thiazole rings is 1. The van der Waals surface area contributed by atoms with E-state index in [1.54, 1.807) is 11.3 Å². The summed E-state index contributed by atoms with van der Waals surface area (Å²) >= 11 is 1.64. The van der Waals surface area contributed by atoms with E-state index in [4.69, 9.17) is 5.73 Å². The highest BCUT2D eigenvalue weighted by Gasteiger charge is 2.05. The molecule has 0 saturated carbocycles. The standard InChI is InChI=1S/C10H18N2S/c1-3-5-6-7-8-10(11)13-9(4-2)12-8/h3-7,11H2,1-2H3. The zero-order valence-corrected chi connectivity index (χ0v) is 9.28. The fraction of sp³-hybridized carbons (Fsp3) is 0.700. The van der Waals surface area contributed by atoms with Gasteiger partial charge in [-0.05, 0) is 19.3 Å². The summed E-state index contributed by atoms with van der Waals surface area (Å²) in [7, 11) is 0. The third-order valence-corrected chi connectivity index (χ3v) is 3.16. The van der Waals surface area contributed by atoms with Crippen molar-refractivity contribution in [3.05, 3.63) is 10.7 Å². The van der Waals surface area contributed by atoms with E-state index >= 15 is 0 Å². The topological polar surface area (TPSA) is 38.9 Å². The first-order valence-corrected chi connectivity index (χ1v) is 5.83. The summed E-state index contributed by atoms with van der Waals surface area (Å²) in [6, 6.07) is 0. The fourth-order valence-corrected chi connectivity index (χ4v) is 2.11. The summed E-state index contributed by atoms with van der Waals surface area (Å²) in [5.74, 6) is 0. The SMILES string of the molecule is CCCCCc1nc(CC)sc1N. The second-order valence-corrected chi connectivity index (χ2v) is 4.34. The zero-order chi connectivity index (χ0) is 9.68. The molecule has 3 heteroatoms. The Labute approximate surface area is 84.2 Å². The number of aromatic nitrogens is 1. The second kappa shape index (κ2) is 5.22. The van der Waals surface area contributed by atoms with Gasteiger partial charge < -0.3 is 5.73 Å². The van der Waals surface area contributed by atoms with Gasteiger partial charge in [0.1, 0.15) is 5.00 Å². The minimum Gasteiger partial charge on any atom is -0.389 e. The molecule has 1 aromatic rings. The number of anilines is 1. The largest absolute Gasteiger partial charge is 0.389 e. The maximum Gasteiger partial charge on any atom is 0.109 e. The van der Waals surface area contributed by atoms with E-state index in [-0.39, 0.29) is 0 Å². The van der Waals surface area contributed by atoms with Gasteiger partial charge in [0.25, 0.3) is 0 Å². The number of unbranched alkanes of at least 4 members (excludes halogenated alkanes) is 2. The molecular formula is C10H18N2S. The maximum atomic E-state index is 5.86. The highest BCUT2D eigenvalue weighted by molar-refractivity contribution is 7.15. The van der Waals surface area contributed by atoms with Crippen molar-refractivity contribution in [2.45, 2.75) is 46.0 Å². The van der Waals surface area contributed by atoms with E-state index < -0.39 is 0 Å². The molecule has 0 amide bonds. The van der Waals surface area contributed by atoms with Gasteiger partial charge in [-0.25, -0.2) is 4.98 Å². The molecule has 0 unspecified atom stereocenters. The molecular weight excluding hydrogens is 180 g/mol. The number of hydrogen-bond acceptors (Lipinski definition) is 3. The lowest BCUT2D eigenvalue weighted by Gasteiger charge is -1.96. The Morgan fingerprint density at radius 2 is 2.08 bits per heavy atom. The van der Waals surface area contributed by atoms with Crippen LogP contribution in [0.5, 0.6) is 0 Å². The van der Waals surface area contributed by atoms with Crippen LogP contribution in [-0.4, -0.2) is 4.98 Å². The molecule has 0 saturated heterocycles. The maximum absolute atomic E-state index is 5.86. The summed E-state index contributed by atoms with van der Waals surface area (Å²) in [6.07, 6.45) is 5.80. The Morgan fingerprint density at radius 3 is 2.62 bits per heavy atom. The fourth-order valence-electron chi connectivity index (χ4n) is 1.29. The van der Waals surface area contributed by atoms with Crippen LogP contribution in [0.3, 0.4) is 0 Å². The third-order valence-electron chi connectivity index (χ3n) is 2.09. The van der Waals surface area contributed by atoms with Crippen molar-refractivity contribution in [2.24, 2.45) is 0 Å². The first-order chi connectivity index (χ1) is 6.27. The molecule has 0 aliphatic carbocycles. The van der Waals surface area contributed by atoms with Gasteiger partial charge >= 0.3 is 0 Å². The molecule has 1 heterocycles. The van der Waals surface area contributed by atoms with Crippen LogP contribution < -0.4 is 5.73 Å². The molecule has 0 atom stereocenters. The summed E-state index contributed by atoms with van der Waals surface area (Å²) in [4.78, 5) is 4.49. The molecule has 0 spiro atoms. The normalized spacial score (nSPS) is 10.6. The molecule has 1 aromatic heterocycles. The average molecular weight is 198 g/mol. The Bertz CT molecular complexity index is 255. The van der Waals surface area contributed by atoms with Crippen molar-refractivity contribution >= 4 is 16.3 Å². The summed E-state index contributed by atoms with van der Waals surface area (Å²) in [5.41, 5.74) is 6.98. The van der Waals surface area contributed by atoms with Gasteiger partial charge in [0, 0.05) is 0 Å². The molecule has 0 aliphatic rings. The molecule has 74 valence electrons. The van der Waals surface area contributed by atoms with Crippen LogP contribution in [0.15, 0.2) is 0 Å². The lowest BCUT2D eigenvalue weighted by atomic mass is 10.2. The van der Waals surface area contributed by atoms with Crippen LogP contribution in [-0.2, 0) is 12.8 Å². The van der Waals surface area contributed by atoms with Gasteiger partial charge in [-0.2, -0.15) is 0 Å². The molecule has 0 fully saturated rings. The minimum atomic E-state index is 0.924. The predicted molar refractivity (Wildman–Crippen MR) is 59.1 cm³/mol. The average Bonchev–Trinajstić information content (AvgIpc) is 2.48. The van der Waals surface area contributed by atoms with Crippen molar-refractivity contribution in [3.63, 3.8) is 0 Å². The highest BCUT2D eigenvalue weighted by atomic mass is 32.1. The molecule has 0 aliphatic heterocycles. The summed E-state index contributed by atoms with van der Waals surface area (Å²) in [5, 5.41) is 2.09. The van der Waals surface area contributed by atoms with Crippen LogP contribution in [0.25, 0.3) is 0 Å². The minimum absolute atomic E-state index is 0.924. The van der Waals surface area contributed by atoms with Crippen LogP contribution in [0.2, 0.25) is 0 Å². The number of hydrogen-bond donors (Lipinski definition) is 1. The summed E-state index contributed by atoms with van der Waals surface area (Å²) < 4.78 is 0. The number of rotatable bonds is 5. The quantitative estimate of drug-likeness (QED) is 0.739. The van der Waals surface area contributed by atoms with Crippen LogP contribution in [0.4, 0.5) is 5.00 Å². The van der Waals surface area contributed by atoms with Gasteiger partial charge in [0.05, 0.1) is 10.7 Å². The monoisotopic (exact) mass is 198 g/mol. The zero-order valence-electron chi connectivity index (χ0n) is 8.47. The van der Waals surface area contributed by atoms with Crippen LogP contribution >= 0.6 is 11.3 Å².